The summed E-state index contributed by atoms with van der Waals surface area (Å²) in [5.41, 5.74) is 1.02. The Bertz CT molecular complexity index is 496. The molecule has 21 heavy (non-hydrogen) atoms. The quantitative estimate of drug-likeness (QED) is 0.926. The summed E-state index contributed by atoms with van der Waals surface area (Å²) >= 11 is 6.14. The van der Waals surface area contributed by atoms with Crippen molar-refractivity contribution in [3.8, 4) is 0 Å². The Hall–Kier alpha value is -1.10. The Kier molecular flexibility index (Phi) is 4.78. The zero-order valence-electron chi connectivity index (χ0n) is 12.2. The molecule has 1 unspecified atom stereocenters. The summed E-state index contributed by atoms with van der Waals surface area (Å²) < 4.78 is 0. The molecule has 2 aliphatic heterocycles. The summed E-state index contributed by atoms with van der Waals surface area (Å²) in [6.45, 7) is 5.45. The molecule has 1 amide bonds. The Morgan fingerprint density at radius 3 is 2.52 bits per heavy atom. The molecule has 114 valence electrons. The van der Waals surface area contributed by atoms with Gasteiger partial charge < -0.3 is 10.2 Å². The van der Waals surface area contributed by atoms with Crippen LogP contribution in [0.5, 0.6) is 0 Å². The van der Waals surface area contributed by atoms with Crippen LogP contribution in [0.3, 0.4) is 0 Å². The number of piperazine rings is 1. The standard InChI is InChI=1S/C16H22ClN3O/c17-14-5-3-4-13(12-14)15(19-10-6-18-7-11-19)16(21)20-8-1-2-9-20/h3-5,12,15,18H,1-2,6-11H2. The van der Waals surface area contributed by atoms with Crippen molar-refractivity contribution < 1.29 is 4.79 Å². The SMILES string of the molecule is O=C(C(c1cccc(Cl)c1)N1CCNCC1)N1CCCC1. The monoisotopic (exact) mass is 307 g/mol. The van der Waals surface area contributed by atoms with Gasteiger partial charge in [0.15, 0.2) is 0 Å². The third-order valence-electron chi connectivity index (χ3n) is 4.33. The van der Waals surface area contributed by atoms with Gasteiger partial charge in [0.2, 0.25) is 5.91 Å². The second kappa shape index (κ2) is 6.77. The molecule has 1 aromatic carbocycles. The Labute approximate surface area is 131 Å². The fraction of sp³-hybridized carbons (Fsp3) is 0.562. The fourth-order valence-electron chi connectivity index (χ4n) is 3.24. The van der Waals surface area contributed by atoms with Gasteiger partial charge in [-0.25, -0.2) is 0 Å². The van der Waals surface area contributed by atoms with Crippen LogP contribution in [0.2, 0.25) is 5.02 Å². The van der Waals surface area contributed by atoms with E-state index < -0.39 is 0 Å². The number of carbonyl (C=O) groups excluding carboxylic acids is 1. The van der Waals surface area contributed by atoms with E-state index in [1.165, 1.54) is 0 Å². The third-order valence-corrected chi connectivity index (χ3v) is 4.57. The van der Waals surface area contributed by atoms with E-state index in [1.807, 2.05) is 29.2 Å². The van der Waals surface area contributed by atoms with Gasteiger partial charge in [-0.3, -0.25) is 9.69 Å². The van der Waals surface area contributed by atoms with Gasteiger partial charge in [-0.1, -0.05) is 23.7 Å². The Morgan fingerprint density at radius 1 is 1.14 bits per heavy atom. The number of carbonyl (C=O) groups is 1. The van der Waals surface area contributed by atoms with Gasteiger partial charge in [0.25, 0.3) is 0 Å². The number of nitrogens with one attached hydrogen (secondary N) is 1. The summed E-state index contributed by atoms with van der Waals surface area (Å²) in [5, 5.41) is 4.04. The van der Waals surface area contributed by atoms with Gasteiger partial charge in [0, 0.05) is 44.3 Å². The first kappa shape index (κ1) is 14.8. The van der Waals surface area contributed by atoms with Crippen molar-refractivity contribution in [3.63, 3.8) is 0 Å². The number of likely N-dealkylation sites (tertiary alicyclic amines) is 1. The molecule has 2 fully saturated rings. The lowest BCUT2D eigenvalue weighted by Crippen LogP contribution is -2.49. The minimum atomic E-state index is -0.191. The topological polar surface area (TPSA) is 35.6 Å². The van der Waals surface area contributed by atoms with Crippen LogP contribution >= 0.6 is 11.6 Å². The second-order valence-electron chi connectivity index (χ2n) is 5.78. The van der Waals surface area contributed by atoms with Crippen molar-refractivity contribution in [2.45, 2.75) is 18.9 Å². The first-order valence-corrected chi connectivity index (χ1v) is 8.12. The molecule has 0 spiro atoms. The molecule has 0 bridgehead atoms. The van der Waals surface area contributed by atoms with Crippen LogP contribution in [0.25, 0.3) is 0 Å². The predicted octanol–water partition coefficient (Wildman–Crippen LogP) is 1.91. The highest BCUT2D eigenvalue weighted by Gasteiger charge is 2.33. The lowest BCUT2D eigenvalue weighted by Gasteiger charge is -2.36. The van der Waals surface area contributed by atoms with Crippen molar-refractivity contribution in [2.24, 2.45) is 0 Å². The molecule has 2 heterocycles. The smallest absolute Gasteiger partial charge is 0.244 e. The van der Waals surface area contributed by atoms with E-state index in [0.717, 1.165) is 57.7 Å². The van der Waals surface area contributed by atoms with Crippen molar-refractivity contribution in [2.75, 3.05) is 39.3 Å². The molecule has 0 aliphatic carbocycles. The maximum atomic E-state index is 13.0. The van der Waals surface area contributed by atoms with Gasteiger partial charge in [-0.15, -0.1) is 0 Å². The Morgan fingerprint density at radius 2 is 1.86 bits per heavy atom. The minimum Gasteiger partial charge on any atom is -0.341 e. The lowest BCUT2D eigenvalue weighted by molar-refractivity contribution is -0.136. The van der Waals surface area contributed by atoms with Crippen LogP contribution in [0.4, 0.5) is 0 Å². The van der Waals surface area contributed by atoms with E-state index in [1.54, 1.807) is 0 Å². The van der Waals surface area contributed by atoms with E-state index in [4.69, 9.17) is 11.6 Å². The number of benzene rings is 1. The molecular formula is C16H22ClN3O. The first-order chi connectivity index (χ1) is 10.3. The highest BCUT2D eigenvalue weighted by molar-refractivity contribution is 6.30. The van der Waals surface area contributed by atoms with E-state index in [-0.39, 0.29) is 11.9 Å². The van der Waals surface area contributed by atoms with Crippen LogP contribution in [0, 0.1) is 0 Å². The van der Waals surface area contributed by atoms with Crippen molar-refractivity contribution in [1.29, 1.82) is 0 Å². The van der Waals surface area contributed by atoms with E-state index in [2.05, 4.69) is 10.2 Å². The molecule has 1 atom stereocenters. The number of amides is 1. The van der Waals surface area contributed by atoms with Crippen LogP contribution in [0.15, 0.2) is 24.3 Å². The van der Waals surface area contributed by atoms with Gasteiger partial charge in [0.1, 0.15) is 6.04 Å². The van der Waals surface area contributed by atoms with Crippen molar-refractivity contribution in [3.05, 3.63) is 34.9 Å². The number of rotatable bonds is 3. The van der Waals surface area contributed by atoms with E-state index in [9.17, 15) is 4.79 Å². The third kappa shape index (κ3) is 3.39. The zero-order valence-corrected chi connectivity index (χ0v) is 13.0. The van der Waals surface area contributed by atoms with Gasteiger partial charge in [-0.05, 0) is 30.5 Å². The molecular weight excluding hydrogens is 286 g/mol. The van der Waals surface area contributed by atoms with Gasteiger partial charge in [0.05, 0.1) is 0 Å². The van der Waals surface area contributed by atoms with Crippen LogP contribution < -0.4 is 5.32 Å². The molecule has 3 rings (SSSR count). The predicted molar refractivity (Wildman–Crippen MR) is 84.4 cm³/mol. The molecule has 1 aromatic rings. The normalized spacial score (nSPS) is 21.5. The summed E-state index contributed by atoms with van der Waals surface area (Å²) in [6.07, 6.45) is 2.24. The zero-order chi connectivity index (χ0) is 14.7. The van der Waals surface area contributed by atoms with E-state index in [0.29, 0.717) is 5.02 Å². The summed E-state index contributed by atoms with van der Waals surface area (Å²) in [4.78, 5) is 17.3. The Balaban J connectivity index is 1.87. The van der Waals surface area contributed by atoms with Crippen LogP contribution in [-0.4, -0.2) is 55.0 Å². The fourth-order valence-corrected chi connectivity index (χ4v) is 3.44. The maximum absolute atomic E-state index is 13.0. The number of nitrogens with zero attached hydrogens (tertiary/aromatic N) is 2. The number of halogens is 1. The average Bonchev–Trinajstić information content (AvgIpc) is 3.03. The molecule has 2 saturated heterocycles. The van der Waals surface area contributed by atoms with Crippen LogP contribution in [-0.2, 0) is 4.79 Å². The van der Waals surface area contributed by atoms with Crippen LogP contribution in [0.1, 0.15) is 24.4 Å². The lowest BCUT2D eigenvalue weighted by atomic mass is 10.0. The van der Waals surface area contributed by atoms with Crippen molar-refractivity contribution in [1.82, 2.24) is 15.1 Å². The molecule has 0 aromatic heterocycles. The average molecular weight is 308 g/mol. The van der Waals surface area contributed by atoms with Gasteiger partial charge in [-0.2, -0.15) is 0 Å². The first-order valence-electron chi connectivity index (χ1n) is 7.75. The number of hydrogen-bond donors (Lipinski definition) is 1. The minimum absolute atomic E-state index is 0.191. The highest BCUT2D eigenvalue weighted by Crippen LogP contribution is 2.27. The molecule has 0 saturated carbocycles. The number of hydrogen-bond acceptors (Lipinski definition) is 3. The second-order valence-corrected chi connectivity index (χ2v) is 6.21. The summed E-state index contributed by atoms with van der Waals surface area (Å²) in [6, 6.07) is 7.56. The summed E-state index contributed by atoms with van der Waals surface area (Å²) in [5.74, 6) is 0.233. The van der Waals surface area contributed by atoms with Gasteiger partial charge >= 0.3 is 0 Å². The largest absolute Gasteiger partial charge is 0.341 e. The molecule has 0 radical (unpaired) electrons. The highest BCUT2D eigenvalue weighted by atomic mass is 35.5. The summed E-state index contributed by atoms with van der Waals surface area (Å²) in [7, 11) is 0. The van der Waals surface area contributed by atoms with E-state index >= 15 is 0 Å². The molecule has 4 nitrogen and oxygen atoms in total. The molecule has 5 heteroatoms. The molecule has 2 aliphatic rings. The van der Waals surface area contributed by atoms with Crippen molar-refractivity contribution >= 4 is 17.5 Å². The molecule has 1 N–H and O–H groups in total. The maximum Gasteiger partial charge on any atom is 0.244 e.